The van der Waals surface area contributed by atoms with Crippen LogP contribution in [0.4, 0.5) is 5.69 Å². The Morgan fingerprint density at radius 1 is 1.50 bits per heavy atom. The van der Waals surface area contributed by atoms with E-state index in [0.717, 1.165) is 15.8 Å². The van der Waals surface area contributed by atoms with Crippen LogP contribution in [0.1, 0.15) is 0 Å². The maximum atomic E-state index is 8.31. The molecular weight excluding hydrogens is 196 g/mol. The zero-order chi connectivity index (χ0) is 9.97. The molecular formula is C9H8N4S. The van der Waals surface area contributed by atoms with Crippen molar-refractivity contribution in [1.82, 2.24) is 4.98 Å². The zero-order valence-electron chi connectivity index (χ0n) is 7.56. The smallest absolute Gasteiger partial charge is 0.0465 e. The van der Waals surface area contributed by atoms with Crippen molar-refractivity contribution in [2.24, 2.45) is 5.11 Å². The standard InChI is InChI=1S/C9H8N4S/c1-14-9-5-11-8-3-2-6(12-13-10)4-7(8)9/h2-5,11H,1H3. The molecule has 0 amide bonds. The van der Waals surface area contributed by atoms with E-state index < -0.39 is 0 Å². The second-order valence-electron chi connectivity index (χ2n) is 2.78. The summed E-state index contributed by atoms with van der Waals surface area (Å²) in [5.41, 5.74) is 10.0. The largest absolute Gasteiger partial charge is 0.360 e. The summed E-state index contributed by atoms with van der Waals surface area (Å²) in [5, 5.41) is 4.67. The molecule has 14 heavy (non-hydrogen) atoms. The summed E-state index contributed by atoms with van der Waals surface area (Å²) in [4.78, 5) is 7.08. The van der Waals surface area contributed by atoms with Gasteiger partial charge in [-0.25, -0.2) is 0 Å². The molecule has 2 rings (SSSR count). The Morgan fingerprint density at radius 3 is 3.07 bits per heavy atom. The molecule has 1 aromatic heterocycles. The number of azide groups is 1. The van der Waals surface area contributed by atoms with Crippen molar-refractivity contribution in [1.29, 1.82) is 0 Å². The number of hydrogen-bond donors (Lipinski definition) is 1. The van der Waals surface area contributed by atoms with Crippen LogP contribution in [0.25, 0.3) is 21.3 Å². The Balaban J connectivity index is 2.66. The Kier molecular flexibility index (Phi) is 2.35. The van der Waals surface area contributed by atoms with E-state index in [-0.39, 0.29) is 0 Å². The first kappa shape index (κ1) is 8.99. The van der Waals surface area contributed by atoms with Gasteiger partial charge in [-0.2, -0.15) is 0 Å². The van der Waals surface area contributed by atoms with Crippen molar-refractivity contribution in [2.45, 2.75) is 4.90 Å². The van der Waals surface area contributed by atoms with Crippen molar-refractivity contribution in [2.75, 3.05) is 6.26 Å². The minimum atomic E-state index is 0.648. The third-order valence-corrected chi connectivity index (χ3v) is 2.79. The first-order valence-electron chi connectivity index (χ1n) is 4.05. The topological polar surface area (TPSA) is 64.5 Å². The summed E-state index contributed by atoms with van der Waals surface area (Å²) >= 11 is 1.67. The van der Waals surface area contributed by atoms with E-state index in [1.807, 2.05) is 24.6 Å². The van der Waals surface area contributed by atoms with Gasteiger partial charge in [0.05, 0.1) is 0 Å². The summed E-state index contributed by atoms with van der Waals surface area (Å²) in [6.07, 6.45) is 3.97. The van der Waals surface area contributed by atoms with E-state index >= 15 is 0 Å². The minimum absolute atomic E-state index is 0.648. The molecule has 0 saturated carbocycles. The van der Waals surface area contributed by atoms with Crippen LogP contribution in [-0.4, -0.2) is 11.2 Å². The van der Waals surface area contributed by atoms with Crippen molar-refractivity contribution in [3.8, 4) is 0 Å². The molecule has 0 atom stereocenters. The average molecular weight is 204 g/mol. The van der Waals surface area contributed by atoms with Gasteiger partial charge in [-0.05, 0) is 23.9 Å². The quantitative estimate of drug-likeness (QED) is 0.343. The number of hydrogen-bond acceptors (Lipinski definition) is 2. The highest BCUT2D eigenvalue weighted by atomic mass is 32.2. The van der Waals surface area contributed by atoms with Gasteiger partial charge in [-0.3, -0.25) is 0 Å². The SMILES string of the molecule is CSc1c[nH]c2ccc(N=[N+]=[N-])cc12. The zero-order valence-corrected chi connectivity index (χ0v) is 8.38. The normalized spacial score (nSPS) is 10.1. The maximum absolute atomic E-state index is 8.31. The molecule has 2 aromatic rings. The fourth-order valence-corrected chi connectivity index (χ4v) is 1.93. The van der Waals surface area contributed by atoms with Crippen LogP contribution in [0.3, 0.4) is 0 Å². The van der Waals surface area contributed by atoms with Crippen LogP contribution < -0.4 is 0 Å². The fraction of sp³-hybridized carbons (Fsp3) is 0.111. The molecule has 1 aromatic carbocycles. The van der Waals surface area contributed by atoms with Gasteiger partial charge >= 0.3 is 0 Å². The van der Waals surface area contributed by atoms with Crippen LogP contribution in [0.2, 0.25) is 0 Å². The van der Waals surface area contributed by atoms with Gasteiger partial charge in [0.25, 0.3) is 0 Å². The van der Waals surface area contributed by atoms with Crippen LogP contribution in [0.5, 0.6) is 0 Å². The van der Waals surface area contributed by atoms with Gasteiger partial charge < -0.3 is 4.98 Å². The molecule has 0 aliphatic carbocycles. The Labute approximate surface area is 84.9 Å². The van der Waals surface area contributed by atoms with Crippen LogP contribution in [0.15, 0.2) is 34.4 Å². The summed E-state index contributed by atoms with van der Waals surface area (Å²) in [5.74, 6) is 0. The molecule has 0 fully saturated rings. The Hall–Kier alpha value is -1.58. The lowest BCUT2D eigenvalue weighted by Gasteiger charge is -1.94. The highest BCUT2D eigenvalue weighted by Gasteiger charge is 2.02. The van der Waals surface area contributed by atoms with Crippen molar-refractivity contribution in [3.05, 3.63) is 34.8 Å². The monoisotopic (exact) mass is 204 g/mol. The van der Waals surface area contributed by atoms with E-state index in [1.165, 1.54) is 0 Å². The number of H-pyrrole nitrogens is 1. The number of thioether (sulfide) groups is 1. The predicted octanol–water partition coefficient (Wildman–Crippen LogP) is 3.83. The van der Waals surface area contributed by atoms with Gasteiger partial charge in [-0.15, -0.1) is 11.8 Å². The van der Waals surface area contributed by atoms with Crippen molar-refractivity contribution >= 4 is 28.4 Å². The van der Waals surface area contributed by atoms with Crippen molar-refractivity contribution in [3.63, 3.8) is 0 Å². The third-order valence-electron chi connectivity index (χ3n) is 2.01. The van der Waals surface area contributed by atoms with Crippen LogP contribution in [-0.2, 0) is 0 Å². The predicted molar refractivity (Wildman–Crippen MR) is 58.9 cm³/mol. The molecule has 0 radical (unpaired) electrons. The van der Waals surface area contributed by atoms with Gasteiger partial charge in [0, 0.05) is 32.6 Å². The van der Waals surface area contributed by atoms with Gasteiger partial charge in [0.15, 0.2) is 0 Å². The van der Waals surface area contributed by atoms with E-state index in [9.17, 15) is 0 Å². The number of benzene rings is 1. The van der Waals surface area contributed by atoms with E-state index in [0.29, 0.717) is 5.69 Å². The van der Waals surface area contributed by atoms with Gasteiger partial charge in [0.2, 0.25) is 0 Å². The number of aromatic nitrogens is 1. The Morgan fingerprint density at radius 2 is 2.36 bits per heavy atom. The second kappa shape index (κ2) is 3.65. The molecule has 0 aliphatic heterocycles. The fourth-order valence-electron chi connectivity index (χ4n) is 1.37. The second-order valence-corrected chi connectivity index (χ2v) is 3.62. The molecule has 1 heterocycles. The van der Waals surface area contributed by atoms with E-state index in [1.54, 1.807) is 17.8 Å². The summed E-state index contributed by atoms with van der Waals surface area (Å²) < 4.78 is 0. The minimum Gasteiger partial charge on any atom is -0.360 e. The summed E-state index contributed by atoms with van der Waals surface area (Å²) in [6, 6.07) is 5.60. The lowest BCUT2D eigenvalue weighted by molar-refractivity contribution is 1.42. The molecule has 0 spiro atoms. The van der Waals surface area contributed by atoms with Crippen LogP contribution >= 0.6 is 11.8 Å². The maximum Gasteiger partial charge on any atom is 0.0465 e. The molecule has 0 bridgehead atoms. The molecule has 5 heteroatoms. The Bertz CT molecular complexity index is 511. The first-order chi connectivity index (χ1) is 6.85. The van der Waals surface area contributed by atoms with Gasteiger partial charge in [0.1, 0.15) is 0 Å². The first-order valence-corrected chi connectivity index (χ1v) is 5.28. The summed E-state index contributed by atoms with van der Waals surface area (Å²) in [6.45, 7) is 0. The lowest BCUT2D eigenvalue weighted by atomic mass is 10.2. The van der Waals surface area contributed by atoms with E-state index in [4.69, 9.17) is 5.53 Å². The number of nitrogens with one attached hydrogen (secondary N) is 1. The third kappa shape index (κ3) is 1.43. The molecule has 0 saturated heterocycles. The molecule has 70 valence electrons. The molecule has 0 unspecified atom stereocenters. The lowest BCUT2D eigenvalue weighted by Crippen LogP contribution is -1.68. The van der Waals surface area contributed by atoms with Gasteiger partial charge in [-0.1, -0.05) is 11.2 Å². The van der Waals surface area contributed by atoms with Crippen molar-refractivity contribution < 1.29 is 0 Å². The number of nitrogens with zero attached hydrogens (tertiary/aromatic N) is 3. The number of fused-ring (bicyclic) bond motifs is 1. The molecule has 1 N–H and O–H groups in total. The van der Waals surface area contributed by atoms with E-state index in [2.05, 4.69) is 15.0 Å². The highest BCUT2D eigenvalue weighted by Crippen LogP contribution is 2.29. The van der Waals surface area contributed by atoms with Crippen LogP contribution in [0, 0.1) is 0 Å². The molecule has 0 aliphatic rings. The number of rotatable bonds is 2. The molecule has 4 nitrogen and oxygen atoms in total. The summed E-state index contributed by atoms with van der Waals surface area (Å²) in [7, 11) is 0. The number of aromatic amines is 1. The highest BCUT2D eigenvalue weighted by molar-refractivity contribution is 7.98. The average Bonchev–Trinajstić information content (AvgIpc) is 2.60.